The van der Waals surface area contributed by atoms with Crippen molar-refractivity contribution in [2.45, 2.75) is 76.4 Å². The van der Waals surface area contributed by atoms with Crippen molar-refractivity contribution in [3.05, 3.63) is 29.8 Å². The van der Waals surface area contributed by atoms with Crippen LogP contribution in [0.3, 0.4) is 0 Å². The summed E-state index contributed by atoms with van der Waals surface area (Å²) in [5.74, 6) is 4.61. The number of benzene rings is 1. The summed E-state index contributed by atoms with van der Waals surface area (Å²) in [6.07, 6.45) is 11.8. The monoisotopic (exact) mass is 397 g/mol. The second-order valence-corrected chi connectivity index (χ2v) is 10.2. The first-order valence-corrected chi connectivity index (χ1v) is 11.9. The second-order valence-electron chi connectivity index (χ2n) is 10.2. The molecular formula is C25H35NO3. The Morgan fingerprint density at radius 2 is 1.72 bits per heavy atom. The topological polar surface area (TPSA) is 58.6 Å². The van der Waals surface area contributed by atoms with Crippen LogP contribution in [0.1, 0.15) is 74.6 Å². The van der Waals surface area contributed by atoms with E-state index in [0.29, 0.717) is 30.4 Å². The summed E-state index contributed by atoms with van der Waals surface area (Å²) in [5, 5.41) is 13.0. The third-order valence-electron chi connectivity index (χ3n) is 8.32. The van der Waals surface area contributed by atoms with Gasteiger partial charge in [-0.15, -0.1) is 0 Å². The molecular weight excluding hydrogens is 362 g/mol. The van der Waals surface area contributed by atoms with Crippen LogP contribution in [-0.2, 0) is 0 Å². The molecule has 5 rings (SSSR count). The molecule has 1 aromatic rings. The molecule has 0 saturated heterocycles. The van der Waals surface area contributed by atoms with Crippen LogP contribution < -0.4 is 10.1 Å². The van der Waals surface area contributed by atoms with Crippen LogP contribution in [0.4, 0.5) is 0 Å². The molecule has 2 N–H and O–H groups in total. The fraction of sp³-hybridized carbons (Fsp3) is 0.720. The predicted octanol–water partition coefficient (Wildman–Crippen LogP) is 4.56. The van der Waals surface area contributed by atoms with Crippen molar-refractivity contribution in [2.75, 3.05) is 6.61 Å². The summed E-state index contributed by atoms with van der Waals surface area (Å²) >= 11 is 0. The summed E-state index contributed by atoms with van der Waals surface area (Å²) in [6.45, 7) is 0.701. The van der Waals surface area contributed by atoms with Crippen LogP contribution in [0, 0.1) is 29.6 Å². The van der Waals surface area contributed by atoms with Gasteiger partial charge in [-0.25, -0.2) is 0 Å². The zero-order chi connectivity index (χ0) is 19.8. The Morgan fingerprint density at radius 1 is 0.966 bits per heavy atom. The van der Waals surface area contributed by atoms with E-state index in [1.54, 1.807) is 0 Å². The van der Waals surface area contributed by atoms with Gasteiger partial charge in [-0.2, -0.15) is 0 Å². The Hall–Kier alpha value is -1.55. The highest BCUT2D eigenvalue weighted by molar-refractivity contribution is 5.94. The maximum atomic E-state index is 12.9. The molecule has 0 radical (unpaired) electrons. The first kappa shape index (κ1) is 19.4. The molecule has 4 aliphatic rings. The van der Waals surface area contributed by atoms with Gasteiger partial charge in [-0.3, -0.25) is 4.79 Å². The number of hydrogen-bond acceptors (Lipinski definition) is 3. The molecule has 4 saturated carbocycles. The van der Waals surface area contributed by atoms with Crippen LogP contribution >= 0.6 is 0 Å². The van der Waals surface area contributed by atoms with E-state index >= 15 is 0 Å². The number of rotatable bonds is 5. The Morgan fingerprint density at radius 3 is 2.52 bits per heavy atom. The van der Waals surface area contributed by atoms with Gasteiger partial charge < -0.3 is 15.2 Å². The Labute approximate surface area is 174 Å². The first-order chi connectivity index (χ1) is 14.2. The number of nitrogens with one attached hydrogen (secondary N) is 1. The number of carbonyl (C=O) groups is 1. The highest BCUT2D eigenvalue weighted by Gasteiger charge is 2.49. The van der Waals surface area contributed by atoms with Gasteiger partial charge in [-0.1, -0.05) is 12.8 Å². The van der Waals surface area contributed by atoms with E-state index < -0.39 is 0 Å². The zero-order valence-corrected chi connectivity index (χ0v) is 17.4. The summed E-state index contributed by atoms with van der Waals surface area (Å²) in [5.41, 5.74) is 0.743. The standard InChI is InChI=1S/C25H35NO3/c27-21-8-4-16(5-9-21)15-29-22-10-6-18(7-11-22)25(28)26-24-20-13-17-2-1-3-23(24)19(12-17)14-20/h6-7,10-11,16-17,19-21,23-24,27H,1-5,8-9,12-15H2,(H,26,28). The third-order valence-corrected chi connectivity index (χ3v) is 8.32. The number of ether oxygens (including phenoxy) is 1. The molecule has 0 aromatic heterocycles. The normalized spacial score (nSPS) is 38.4. The van der Waals surface area contributed by atoms with E-state index in [2.05, 4.69) is 5.32 Å². The summed E-state index contributed by atoms with van der Waals surface area (Å²) < 4.78 is 5.95. The van der Waals surface area contributed by atoms with Gasteiger partial charge in [-0.05, 0) is 105 Å². The molecule has 29 heavy (non-hydrogen) atoms. The van der Waals surface area contributed by atoms with Crippen LogP contribution in [-0.4, -0.2) is 29.8 Å². The Balaban J connectivity index is 1.16. The maximum absolute atomic E-state index is 12.9. The van der Waals surface area contributed by atoms with Crippen molar-refractivity contribution in [2.24, 2.45) is 29.6 Å². The van der Waals surface area contributed by atoms with Crippen LogP contribution in [0.2, 0.25) is 0 Å². The summed E-state index contributed by atoms with van der Waals surface area (Å²) in [4.78, 5) is 12.9. The number of aliphatic hydroxyl groups is 1. The van der Waals surface area contributed by atoms with E-state index in [9.17, 15) is 9.90 Å². The van der Waals surface area contributed by atoms with Crippen LogP contribution in [0.15, 0.2) is 24.3 Å². The first-order valence-electron chi connectivity index (χ1n) is 11.9. The zero-order valence-electron chi connectivity index (χ0n) is 17.4. The summed E-state index contributed by atoms with van der Waals surface area (Å²) in [6, 6.07) is 8.04. The average Bonchev–Trinajstić information content (AvgIpc) is 2.87. The van der Waals surface area contributed by atoms with Crippen molar-refractivity contribution in [1.82, 2.24) is 5.32 Å². The third kappa shape index (κ3) is 4.19. The minimum atomic E-state index is -0.122. The molecule has 4 heteroatoms. The number of hydrogen-bond donors (Lipinski definition) is 2. The molecule has 0 heterocycles. The molecule has 5 atom stereocenters. The SMILES string of the molecule is O=C(NC1C2CC3CCCC1C(C3)C2)c1ccc(OCC2CCC(O)CC2)cc1. The molecule has 4 nitrogen and oxygen atoms in total. The van der Waals surface area contributed by atoms with E-state index in [0.717, 1.165) is 48.8 Å². The largest absolute Gasteiger partial charge is 0.493 e. The Bertz CT molecular complexity index is 709. The van der Waals surface area contributed by atoms with Crippen molar-refractivity contribution < 1.29 is 14.6 Å². The molecule has 158 valence electrons. The van der Waals surface area contributed by atoms with Gasteiger partial charge in [0.2, 0.25) is 0 Å². The van der Waals surface area contributed by atoms with E-state index in [1.807, 2.05) is 24.3 Å². The fourth-order valence-corrected chi connectivity index (χ4v) is 6.80. The van der Waals surface area contributed by atoms with Gasteiger partial charge in [0.05, 0.1) is 12.7 Å². The molecule has 3 bridgehead atoms. The lowest BCUT2D eigenvalue weighted by Gasteiger charge is -2.30. The lowest BCUT2D eigenvalue weighted by Crippen LogP contribution is -2.42. The van der Waals surface area contributed by atoms with Gasteiger partial charge in [0.25, 0.3) is 5.91 Å². The maximum Gasteiger partial charge on any atom is 0.251 e. The fourth-order valence-electron chi connectivity index (χ4n) is 6.80. The van der Waals surface area contributed by atoms with E-state index in [1.165, 1.54) is 38.5 Å². The van der Waals surface area contributed by atoms with Gasteiger partial charge in [0, 0.05) is 11.6 Å². The van der Waals surface area contributed by atoms with Gasteiger partial charge in [0.15, 0.2) is 0 Å². The number of aliphatic hydroxyl groups excluding tert-OH is 1. The van der Waals surface area contributed by atoms with Crippen LogP contribution in [0.25, 0.3) is 0 Å². The quantitative estimate of drug-likeness (QED) is 0.766. The minimum Gasteiger partial charge on any atom is -0.493 e. The lowest BCUT2D eigenvalue weighted by atomic mass is 9.79. The summed E-state index contributed by atoms with van der Waals surface area (Å²) in [7, 11) is 0. The van der Waals surface area contributed by atoms with Crippen molar-refractivity contribution >= 4 is 5.91 Å². The van der Waals surface area contributed by atoms with Gasteiger partial charge >= 0.3 is 0 Å². The smallest absolute Gasteiger partial charge is 0.251 e. The second kappa shape index (κ2) is 8.29. The molecule has 5 unspecified atom stereocenters. The Kier molecular flexibility index (Phi) is 5.55. The number of carbonyl (C=O) groups excluding carboxylic acids is 1. The molecule has 4 aliphatic carbocycles. The molecule has 0 aliphatic heterocycles. The molecule has 1 amide bonds. The van der Waals surface area contributed by atoms with E-state index in [4.69, 9.17) is 4.74 Å². The predicted molar refractivity (Wildman–Crippen MR) is 113 cm³/mol. The van der Waals surface area contributed by atoms with Crippen LogP contribution in [0.5, 0.6) is 5.75 Å². The number of fused-ring (bicyclic) bond motifs is 2. The average molecular weight is 398 g/mol. The van der Waals surface area contributed by atoms with Crippen molar-refractivity contribution in [3.63, 3.8) is 0 Å². The van der Waals surface area contributed by atoms with Crippen molar-refractivity contribution in [3.8, 4) is 5.75 Å². The molecule has 0 spiro atoms. The number of amides is 1. The molecule has 4 fully saturated rings. The highest BCUT2D eigenvalue weighted by atomic mass is 16.5. The minimum absolute atomic E-state index is 0.0810. The lowest BCUT2D eigenvalue weighted by molar-refractivity contribution is 0.0907. The van der Waals surface area contributed by atoms with Gasteiger partial charge in [0.1, 0.15) is 5.75 Å². The molecule has 1 aromatic carbocycles. The van der Waals surface area contributed by atoms with Crippen molar-refractivity contribution in [1.29, 1.82) is 0 Å². The highest BCUT2D eigenvalue weighted by Crippen LogP contribution is 2.53. The van der Waals surface area contributed by atoms with E-state index in [-0.39, 0.29) is 12.0 Å².